The van der Waals surface area contributed by atoms with Gasteiger partial charge < -0.3 is 9.84 Å². The van der Waals surface area contributed by atoms with Gasteiger partial charge in [0.25, 0.3) is 0 Å². The van der Waals surface area contributed by atoms with Crippen LogP contribution in [0.4, 0.5) is 0 Å². The standard InChI is InChI=1S/C16H27N3O/c1-3-12-6-5-7-13(10-12)14-18-15(20-19-14)16(4-2)8-9-17-11-16/h12-13,17H,3-11H2,1-2H3. The highest BCUT2D eigenvalue weighted by molar-refractivity contribution is 5.11. The first kappa shape index (κ1) is 14.1. The molecule has 4 heteroatoms. The summed E-state index contributed by atoms with van der Waals surface area (Å²) in [6.45, 7) is 6.57. The Hall–Kier alpha value is -0.900. The molecule has 1 saturated heterocycles. The Bertz CT molecular complexity index is 437. The van der Waals surface area contributed by atoms with Crippen molar-refractivity contribution in [2.24, 2.45) is 5.92 Å². The lowest BCUT2D eigenvalue weighted by atomic mass is 9.80. The largest absolute Gasteiger partial charge is 0.339 e. The Labute approximate surface area is 121 Å². The maximum Gasteiger partial charge on any atom is 0.234 e. The third-order valence-electron chi connectivity index (χ3n) is 5.54. The van der Waals surface area contributed by atoms with Crippen LogP contribution in [0.15, 0.2) is 4.52 Å². The summed E-state index contributed by atoms with van der Waals surface area (Å²) in [5.74, 6) is 3.22. The van der Waals surface area contributed by atoms with E-state index in [4.69, 9.17) is 9.51 Å². The van der Waals surface area contributed by atoms with Gasteiger partial charge in [-0.2, -0.15) is 4.98 Å². The molecule has 3 unspecified atom stereocenters. The lowest BCUT2D eigenvalue weighted by Gasteiger charge is -2.26. The lowest BCUT2D eigenvalue weighted by Crippen LogP contribution is -2.28. The second-order valence-electron chi connectivity index (χ2n) is 6.66. The molecule has 0 bridgehead atoms. The van der Waals surface area contributed by atoms with Crippen LogP contribution in [0.1, 0.15) is 76.4 Å². The third kappa shape index (κ3) is 2.50. The van der Waals surface area contributed by atoms with E-state index >= 15 is 0 Å². The molecule has 4 nitrogen and oxygen atoms in total. The van der Waals surface area contributed by atoms with Crippen molar-refractivity contribution in [3.63, 3.8) is 0 Å². The maximum atomic E-state index is 5.66. The number of hydrogen-bond donors (Lipinski definition) is 1. The van der Waals surface area contributed by atoms with Gasteiger partial charge in [-0.25, -0.2) is 0 Å². The molecule has 1 aliphatic heterocycles. The van der Waals surface area contributed by atoms with Gasteiger partial charge in [0.05, 0.1) is 5.41 Å². The molecule has 1 N–H and O–H groups in total. The molecule has 0 aromatic carbocycles. The summed E-state index contributed by atoms with van der Waals surface area (Å²) in [6.07, 6.45) is 8.63. The summed E-state index contributed by atoms with van der Waals surface area (Å²) in [5, 5.41) is 7.77. The zero-order chi connectivity index (χ0) is 14.0. The summed E-state index contributed by atoms with van der Waals surface area (Å²) in [5.41, 5.74) is 0.0874. The van der Waals surface area contributed by atoms with E-state index in [-0.39, 0.29) is 5.41 Å². The summed E-state index contributed by atoms with van der Waals surface area (Å²) in [6, 6.07) is 0. The molecular weight excluding hydrogens is 250 g/mol. The van der Waals surface area contributed by atoms with Gasteiger partial charge in [0.15, 0.2) is 5.82 Å². The molecule has 20 heavy (non-hydrogen) atoms. The van der Waals surface area contributed by atoms with Crippen LogP contribution in [0.2, 0.25) is 0 Å². The van der Waals surface area contributed by atoms with Gasteiger partial charge >= 0.3 is 0 Å². The van der Waals surface area contributed by atoms with Crippen LogP contribution < -0.4 is 5.32 Å². The minimum absolute atomic E-state index is 0.0874. The molecule has 2 fully saturated rings. The lowest BCUT2D eigenvalue weighted by molar-refractivity contribution is 0.275. The third-order valence-corrected chi connectivity index (χ3v) is 5.54. The molecule has 1 saturated carbocycles. The Balaban J connectivity index is 1.76. The summed E-state index contributed by atoms with van der Waals surface area (Å²) >= 11 is 0. The topological polar surface area (TPSA) is 51.0 Å². The normalized spacial score (nSPS) is 34.5. The molecule has 2 aliphatic rings. The first-order chi connectivity index (χ1) is 9.77. The van der Waals surface area contributed by atoms with Crippen molar-refractivity contribution in [3.05, 3.63) is 11.7 Å². The highest BCUT2D eigenvalue weighted by atomic mass is 16.5. The van der Waals surface area contributed by atoms with Crippen LogP contribution in [-0.2, 0) is 5.41 Å². The SMILES string of the molecule is CCC1CCCC(c2noc(C3(CC)CCNC3)n2)C1. The predicted octanol–water partition coefficient (Wildman–Crippen LogP) is 3.39. The van der Waals surface area contributed by atoms with Gasteiger partial charge in [-0.1, -0.05) is 38.3 Å². The van der Waals surface area contributed by atoms with Crippen molar-refractivity contribution >= 4 is 0 Å². The summed E-state index contributed by atoms with van der Waals surface area (Å²) in [4.78, 5) is 4.81. The van der Waals surface area contributed by atoms with Crippen LogP contribution in [0.5, 0.6) is 0 Å². The first-order valence-corrected chi connectivity index (χ1v) is 8.32. The molecular formula is C16H27N3O. The zero-order valence-electron chi connectivity index (χ0n) is 12.8. The first-order valence-electron chi connectivity index (χ1n) is 8.32. The van der Waals surface area contributed by atoms with Crippen LogP contribution in [-0.4, -0.2) is 23.2 Å². The van der Waals surface area contributed by atoms with Gasteiger partial charge in [0.2, 0.25) is 5.89 Å². The smallest absolute Gasteiger partial charge is 0.234 e. The Morgan fingerprint density at radius 1 is 1.35 bits per heavy atom. The quantitative estimate of drug-likeness (QED) is 0.916. The minimum Gasteiger partial charge on any atom is -0.339 e. The molecule has 3 atom stereocenters. The van der Waals surface area contributed by atoms with Gasteiger partial charge in [-0.05, 0) is 38.1 Å². The van der Waals surface area contributed by atoms with E-state index in [9.17, 15) is 0 Å². The molecule has 3 rings (SSSR count). The molecule has 0 radical (unpaired) electrons. The molecule has 1 aromatic heterocycles. The van der Waals surface area contributed by atoms with Crippen LogP contribution in [0, 0.1) is 5.92 Å². The summed E-state index contributed by atoms with van der Waals surface area (Å²) in [7, 11) is 0. The fourth-order valence-corrected chi connectivity index (χ4v) is 3.89. The number of hydrogen-bond acceptors (Lipinski definition) is 4. The van der Waals surface area contributed by atoms with Gasteiger partial charge in [0, 0.05) is 12.5 Å². The average Bonchev–Trinajstić information content (AvgIpc) is 3.17. The Morgan fingerprint density at radius 2 is 2.25 bits per heavy atom. The molecule has 2 heterocycles. The van der Waals surface area contributed by atoms with E-state index in [0.717, 1.165) is 43.6 Å². The van der Waals surface area contributed by atoms with Gasteiger partial charge in [-0.15, -0.1) is 0 Å². The minimum atomic E-state index is 0.0874. The van der Waals surface area contributed by atoms with Crippen molar-refractivity contribution < 1.29 is 4.52 Å². The molecule has 0 amide bonds. The van der Waals surface area contributed by atoms with E-state index in [0.29, 0.717) is 5.92 Å². The van der Waals surface area contributed by atoms with Gasteiger partial charge in [0.1, 0.15) is 0 Å². The fraction of sp³-hybridized carbons (Fsp3) is 0.875. The monoisotopic (exact) mass is 277 g/mol. The second kappa shape index (κ2) is 5.84. The van der Waals surface area contributed by atoms with Crippen molar-refractivity contribution in [1.82, 2.24) is 15.5 Å². The highest BCUT2D eigenvalue weighted by Crippen LogP contribution is 2.38. The van der Waals surface area contributed by atoms with E-state index < -0.39 is 0 Å². The predicted molar refractivity (Wildman–Crippen MR) is 78.7 cm³/mol. The van der Waals surface area contributed by atoms with E-state index in [1.165, 1.54) is 32.1 Å². The van der Waals surface area contributed by atoms with Crippen molar-refractivity contribution in [2.75, 3.05) is 13.1 Å². The van der Waals surface area contributed by atoms with Crippen molar-refractivity contribution in [1.29, 1.82) is 0 Å². The van der Waals surface area contributed by atoms with E-state index in [2.05, 4.69) is 24.3 Å². The summed E-state index contributed by atoms with van der Waals surface area (Å²) < 4.78 is 5.66. The van der Waals surface area contributed by atoms with Crippen molar-refractivity contribution in [2.45, 2.75) is 70.1 Å². The molecule has 0 spiro atoms. The van der Waals surface area contributed by atoms with E-state index in [1.54, 1.807) is 0 Å². The number of aromatic nitrogens is 2. The second-order valence-corrected chi connectivity index (χ2v) is 6.66. The number of nitrogens with one attached hydrogen (secondary N) is 1. The van der Waals surface area contributed by atoms with Crippen LogP contribution in [0.3, 0.4) is 0 Å². The highest BCUT2D eigenvalue weighted by Gasteiger charge is 2.40. The zero-order valence-corrected chi connectivity index (χ0v) is 12.8. The van der Waals surface area contributed by atoms with Gasteiger partial charge in [-0.3, -0.25) is 0 Å². The van der Waals surface area contributed by atoms with Crippen LogP contribution >= 0.6 is 0 Å². The number of rotatable bonds is 4. The average molecular weight is 277 g/mol. The van der Waals surface area contributed by atoms with E-state index in [1.807, 2.05) is 0 Å². The van der Waals surface area contributed by atoms with Crippen LogP contribution in [0.25, 0.3) is 0 Å². The number of nitrogens with zero attached hydrogens (tertiary/aromatic N) is 2. The fourth-order valence-electron chi connectivity index (χ4n) is 3.89. The molecule has 1 aromatic rings. The Kier molecular flexibility index (Phi) is 4.11. The molecule has 1 aliphatic carbocycles. The maximum absolute atomic E-state index is 5.66. The Morgan fingerprint density at radius 3 is 2.95 bits per heavy atom. The molecule has 112 valence electrons. The van der Waals surface area contributed by atoms with Crippen molar-refractivity contribution in [3.8, 4) is 0 Å².